The van der Waals surface area contributed by atoms with Crippen molar-refractivity contribution in [1.82, 2.24) is 20.5 Å². The first kappa shape index (κ1) is 15.2. The van der Waals surface area contributed by atoms with Gasteiger partial charge in [-0.05, 0) is 12.1 Å². The van der Waals surface area contributed by atoms with Crippen molar-refractivity contribution in [3.63, 3.8) is 0 Å². The monoisotopic (exact) mass is 330 g/mol. The van der Waals surface area contributed by atoms with Crippen LogP contribution in [0.2, 0.25) is 0 Å². The van der Waals surface area contributed by atoms with Gasteiger partial charge in [0.15, 0.2) is 0 Å². The third-order valence-corrected chi connectivity index (χ3v) is 3.86. The van der Waals surface area contributed by atoms with Gasteiger partial charge < -0.3 is 14.5 Å². The highest BCUT2D eigenvalue weighted by molar-refractivity contribution is 7.09. The van der Waals surface area contributed by atoms with Crippen LogP contribution in [0.15, 0.2) is 40.1 Å². The van der Waals surface area contributed by atoms with Gasteiger partial charge in [-0.25, -0.2) is 4.98 Å². The second kappa shape index (κ2) is 7.01. The van der Waals surface area contributed by atoms with Crippen LogP contribution < -0.4 is 10.1 Å². The van der Waals surface area contributed by atoms with E-state index in [1.54, 1.807) is 7.05 Å². The summed E-state index contributed by atoms with van der Waals surface area (Å²) < 4.78 is 10.9. The number of amides is 1. The van der Waals surface area contributed by atoms with Crippen LogP contribution in [-0.2, 0) is 17.8 Å². The Morgan fingerprint density at radius 3 is 2.91 bits per heavy atom. The van der Waals surface area contributed by atoms with Crippen LogP contribution in [0.1, 0.15) is 10.7 Å². The van der Waals surface area contributed by atoms with Crippen molar-refractivity contribution in [2.45, 2.75) is 13.0 Å². The summed E-state index contributed by atoms with van der Waals surface area (Å²) in [5.41, 5.74) is 1.55. The van der Waals surface area contributed by atoms with Crippen LogP contribution in [0.5, 0.6) is 6.08 Å². The lowest BCUT2D eigenvalue weighted by Crippen LogP contribution is -2.19. The van der Waals surface area contributed by atoms with E-state index >= 15 is 0 Å². The summed E-state index contributed by atoms with van der Waals surface area (Å²) >= 11 is 1.41. The maximum Gasteiger partial charge on any atom is 0.415 e. The van der Waals surface area contributed by atoms with Crippen molar-refractivity contribution in [2.75, 3.05) is 7.05 Å². The zero-order valence-corrected chi connectivity index (χ0v) is 13.2. The number of hydrogen-bond acceptors (Lipinski definition) is 7. The molecule has 0 aliphatic rings. The van der Waals surface area contributed by atoms with Gasteiger partial charge in [-0.3, -0.25) is 4.79 Å². The zero-order valence-electron chi connectivity index (χ0n) is 12.4. The number of rotatable bonds is 6. The van der Waals surface area contributed by atoms with Gasteiger partial charge >= 0.3 is 6.08 Å². The Kier molecular flexibility index (Phi) is 4.62. The zero-order chi connectivity index (χ0) is 16.1. The lowest BCUT2D eigenvalue weighted by atomic mass is 10.2. The second-order valence-corrected chi connectivity index (χ2v) is 5.55. The minimum Gasteiger partial charge on any atom is -0.442 e. The topological polar surface area (TPSA) is 90.1 Å². The van der Waals surface area contributed by atoms with Crippen molar-refractivity contribution in [1.29, 1.82) is 0 Å². The van der Waals surface area contributed by atoms with Crippen LogP contribution in [0.3, 0.4) is 0 Å². The lowest BCUT2D eigenvalue weighted by molar-refractivity contribution is -0.119. The fourth-order valence-corrected chi connectivity index (χ4v) is 2.60. The third kappa shape index (κ3) is 3.92. The Hall–Kier alpha value is -2.74. The van der Waals surface area contributed by atoms with Gasteiger partial charge in [0, 0.05) is 18.0 Å². The van der Waals surface area contributed by atoms with E-state index in [1.807, 2.05) is 35.7 Å². The minimum atomic E-state index is -0.0729. The van der Waals surface area contributed by atoms with Crippen molar-refractivity contribution in [3.05, 3.63) is 46.4 Å². The molecule has 23 heavy (non-hydrogen) atoms. The number of likely N-dealkylation sites (N-methyl/N-ethyl adjacent to an activating group) is 1. The largest absolute Gasteiger partial charge is 0.442 e. The van der Waals surface area contributed by atoms with Crippen molar-refractivity contribution in [2.24, 2.45) is 0 Å². The average molecular weight is 330 g/mol. The van der Waals surface area contributed by atoms with Crippen LogP contribution in [0.25, 0.3) is 11.5 Å². The molecule has 0 saturated heterocycles. The molecule has 1 amide bonds. The summed E-state index contributed by atoms with van der Waals surface area (Å²) in [6.45, 7) is 0.209. The Labute approximate surface area is 136 Å². The van der Waals surface area contributed by atoms with Gasteiger partial charge in [0.1, 0.15) is 11.6 Å². The number of carbonyl (C=O) groups is 1. The van der Waals surface area contributed by atoms with Crippen LogP contribution in [-0.4, -0.2) is 28.1 Å². The van der Waals surface area contributed by atoms with Gasteiger partial charge in [0.2, 0.25) is 5.91 Å². The number of benzene rings is 1. The first-order valence-electron chi connectivity index (χ1n) is 6.90. The number of carbonyl (C=O) groups excluding carboxylic acids is 1. The maximum absolute atomic E-state index is 11.3. The van der Waals surface area contributed by atoms with Crippen LogP contribution >= 0.6 is 11.3 Å². The summed E-state index contributed by atoms with van der Waals surface area (Å²) in [4.78, 5) is 15.6. The highest BCUT2D eigenvalue weighted by atomic mass is 32.1. The molecular weight excluding hydrogens is 316 g/mol. The summed E-state index contributed by atoms with van der Waals surface area (Å²) in [5, 5.41) is 12.9. The first-order valence-corrected chi connectivity index (χ1v) is 7.78. The standard InChI is InChI=1S/C15H14N4O3S/c1-16-12(20)7-13-17-11(9-23-13)8-21-15-19-18-14(22-15)10-5-3-2-4-6-10/h2-6,9H,7-8H2,1H3,(H,16,20). The Morgan fingerprint density at radius 1 is 1.30 bits per heavy atom. The van der Waals surface area contributed by atoms with Gasteiger partial charge in [-0.15, -0.1) is 16.4 Å². The van der Waals surface area contributed by atoms with E-state index in [0.717, 1.165) is 10.6 Å². The Morgan fingerprint density at radius 2 is 2.13 bits per heavy atom. The molecule has 0 unspecified atom stereocenters. The molecular formula is C15H14N4O3S. The van der Waals surface area contributed by atoms with E-state index < -0.39 is 0 Å². The molecule has 8 heteroatoms. The lowest BCUT2D eigenvalue weighted by Gasteiger charge is -1.97. The third-order valence-electron chi connectivity index (χ3n) is 2.96. The van der Waals surface area contributed by atoms with Gasteiger partial charge in [0.05, 0.1) is 12.1 Å². The highest BCUT2D eigenvalue weighted by Gasteiger charge is 2.11. The van der Waals surface area contributed by atoms with E-state index in [9.17, 15) is 4.79 Å². The molecule has 1 N–H and O–H groups in total. The van der Waals surface area contributed by atoms with Crippen LogP contribution in [0.4, 0.5) is 0 Å². The van der Waals surface area contributed by atoms with E-state index in [1.165, 1.54) is 11.3 Å². The van der Waals surface area contributed by atoms with Crippen molar-refractivity contribution >= 4 is 17.2 Å². The average Bonchev–Trinajstić information content (AvgIpc) is 3.23. The Bertz CT molecular complexity index is 785. The molecule has 0 atom stereocenters. The fourth-order valence-electron chi connectivity index (χ4n) is 1.82. The van der Waals surface area contributed by atoms with E-state index in [-0.39, 0.29) is 25.0 Å². The molecule has 3 aromatic rings. The molecule has 0 radical (unpaired) electrons. The van der Waals surface area contributed by atoms with Crippen LogP contribution in [0, 0.1) is 0 Å². The molecule has 0 bridgehead atoms. The van der Waals surface area contributed by atoms with Gasteiger partial charge in [-0.2, -0.15) is 0 Å². The first-order chi connectivity index (χ1) is 11.2. The van der Waals surface area contributed by atoms with Gasteiger partial charge in [-0.1, -0.05) is 23.3 Å². The molecule has 0 spiro atoms. The molecule has 118 valence electrons. The van der Waals surface area contributed by atoms with E-state index in [0.29, 0.717) is 11.6 Å². The Balaban J connectivity index is 1.59. The predicted octanol–water partition coefficient (Wildman–Crippen LogP) is 2.06. The van der Waals surface area contributed by atoms with E-state index in [4.69, 9.17) is 9.15 Å². The molecule has 2 aromatic heterocycles. The molecule has 1 aromatic carbocycles. The molecule has 0 aliphatic heterocycles. The fraction of sp³-hybridized carbons (Fsp3) is 0.200. The summed E-state index contributed by atoms with van der Waals surface area (Å²) in [6.07, 6.45) is 0.351. The number of nitrogens with zero attached hydrogens (tertiary/aromatic N) is 3. The van der Waals surface area contributed by atoms with Crippen molar-refractivity contribution < 1.29 is 13.9 Å². The molecule has 2 heterocycles. The number of ether oxygens (including phenoxy) is 1. The molecule has 0 fully saturated rings. The number of thiazole rings is 1. The number of aromatic nitrogens is 3. The van der Waals surface area contributed by atoms with Gasteiger partial charge in [0.25, 0.3) is 5.89 Å². The second-order valence-electron chi connectivity index (χ2n) is 4.61. The normalized spacial score (nSPS) is 10.5. The summed E-state index contributed by atoms with van der Waals surface area (Å²) in [7, 11) is 1.60. The van der Waals surface area contributed by atoms with Crippen molar-refractivity contribution in [3.8, 4) is 17.5 Å². The van der Waals surface area contributed by atoms with E-state index in [2.05, 4.69) is 20.5 Å². The molecule has 7 nitrogen and oxygen atoms in total. The molecule has 0 aliphatic carbocycles. The number of hydrogen-bond donors (Lipinski definition) is 1. The predicted molar refractivity (Wildman–Crippen MR) is 84.0 cm³/mol. The summed E-state index contributed by atoms with van der Waals surface area (Å²) in [6, 6.07) is 9.45. The quantitative estimate of drug-likeness (QED) is 0.744. The maximum atomic E-state index is 11.3. The highest BCUT2D eigenvalue weighted by Crippen LogP contribution is 2.21. The minimum absolute atomic E-state index is 0.0729. The molecule has 0 saturated carbocycles. The molecule has 3 rings (SSSR count). The summed E-state index contributed by atoms with van der Waals surface area (Å²) in [5.74, 6) is 0.329. The smallest absolute Gasteiger partial charge is 0.415 e. The SMILES string of the molecule is CNC(=O)Cc1nc(COc2nnc(-c3ccccc3)o2)cs1. The number of nitrogens with one attached hydrogen (secondary N) is 1.